The minimum atomic E-state index is 0.788. The minimum absolute atomic E-state index is 0.788. The van der Waals surface area contributed by atoms with Crippen molar-refractivity contribution in [2.75, 3.05) is 14.1 Å². The van der Waals surface area contributed by atoms with Crippen molar-refractivity contribution in [2.24, 2.45) is 0 Å². The molecule has 126 valence electrons. The fourth-order valence-electron chi connectivity index (χ4n) is 3.16. The number of rotatable bonds is 5. The average molecular weight is 331 g/mol. The Morgan fingerprint density at radius 3 is 2.72 bits per heavy atom. The molecule has 0 aliphatic carbocycles. The Morgan fingerprint density at radius 2 is 1.84 bits per heavy atom. The number of hydrogen-bond acceptors (Lipinski definition) is 3. The highest BCUT2D eigenvalue weighted by atomic mass is 15.1. The molecule has 0 atom stereocenters. The van der Waals surface area contributed by atoms with Crippen LogP contribution in [0.1, 0.15) is 11.1 Å². The fraction of sp³-hybridized carbons (Fsp3) is 0.200. The van der Waals surface area contributed by atoms with E-state index in [0.29, 0.717) is 0 Å². The minimum Gasteiger partial charge on any atom is -0.325 e. The third-order valence-electron chi connectivity index (χ3n) is 4.20. The van der Waals surface area contributed by atoms with Crippen molar-refractivity contribution < 1.29 is 0 Å². The Morgan fingerprint density at radius 1 is 0.960 bits per heavy atom. The van der Waals surface area contributed by atoms with Gasteiger partial charge in [-0.3, -0.25) is 4.40 Å². The highest BCUT2D eigenvalue weighted by Crippen LogP contribution is 2.20. The molecule has 1 aromatic carbocycles. The molecule has 3 aromatic heterocycles. The van der Waals surface area contributed by atoms with E-state index in [1.165, 1.54) is 11.1 Å². The third kappa shape index (κ3) is 3.19. The van der Waals surface area contributed by atoms with E-state index in [4.69, 9.17) is 0 Å². The van der Waals surface area contributed by atoms with Crippen molar-refractivity contribution in [1.82, 2.24) is 23.8 Å². The molecule has 0 unspecified atom stereocenters. The van der Waals surface area contributed by atoms with Crippen LogP contribution >= 0.6 is 0 Å². The van der Waals surface area contributed by atoms with Crippen molar-refractivity contribution in [2.45, 2.75) is 13.1 Å². The smallest absolute Gasteiger partial charge is 0.158 e. The maximum atomic E-state index is 4.57. The van der Waals surface area contributed by atoms with E-state index in [1.807, 2.05) is 43.0 Å². The largest absolute Gasteiger partial charge is 0.325 e. The summed E-state index contributed by atoms with van der Waals surface area (Å²) in [5.41, 5.74) is 4.52. The van der Waals surface area contributed by atoms with Gasteiger partial charge in [-0.25, -0.2) is 9.97 Å². The van der Waals surface area contributed by atoms with E-state index in [-0.39, 0.29) is 0 Å². The number of benzene rings is 1. The van der Waals surface area contributed by atoms with Crippen LogP contribution in [0.25, 0.3) is 17.2 Å². The Kier molecular flexibility index (Phi) is 4.07. The Balaban J connectivity index is 1.67. The summed E-state index contributed by atoms with van der Waals surface area (Å²) >= 11 is 0. The molecular weight excluding hydrogens is 310 g/mol. The summed E-state index contributed by atoms with van der Waals surface area (Å²) in [4.78, 5) is 11.2. The third-order valence-corrected chi connectivity index (χ3v) is 4.20. The van der Waals surface area contributed by atoms with Crippen LogP contribution in [0.2, 0.25) is 0 Å². The van der Waals surface area contributed by atoms with Gasteiger partial charge in [0.15, 0.2) is 5.82 Å². The molecule has 4 aromatic rings. The van der Waals surface area contributed by atoms with Crippen molar-refractivity contribution in [1.29, 1.82) is 0 Å². The van der Waals surface area contributed by atoms with Gasteiger partial charge in [-0.05, 0) is 37.4 Å². The maximum absolute atomic E-state index is 4.57. The lowest BCUT2D eigenvalue weighted by atomic mass is 10.1. The van der Waals surface area contributed by atoms with Gasteiger partial charge in [0.25, 0.3) is 0 Å². The first-order chi connectivity index (χ1) is 12.2. The molecule has 0 aliphatic rings. The summed E-state index contributed by atoms with van der Waals surface area (Å²) in [5.74, 6) is 0.928. The first kappa shape index (κ1) is 15.6. The number of imidazole rings is 2. The molecule has 0 bridgehead atoms. The van der Waals surface area contributed by atoms with E-state index in [0.717, 1.165) is 30.3 Å². The molecule has 0 radical (unpaired) electrons. The van der Waals surface area contributed by atoms with Crippen LogP contribution in [-0.2, 0) is 13.1 Å². The van der Waals surface area contributed by atoms with Gasteiger partial charge in [-0.15, -0.1) is 0 Å². The van der Waals surface area contributed by atoms with Gasteiger partial charge < -0.3 is 9.47 Å². The summed E-state index contributed by atoms with van der Waals surface area (Å²) < 4.78 is 4.24. The van der Waals surface area contributed by atoms with Crippen LogP contribution in [0.15, 0.2) is 67.3 Å². The predicted octanol–water partition coefficient (Wildman–Crippen LogP) is 3.31. The predicted molar refractivity (Wildman–Crippen MR) is 99.3 cm³/mol. The van der Waals surface area contributed by atoms with Crippen LogP contribution in [0.3, 0.4) is 0 Å². The van der Waals surface area contributed by atoms with Gasteiger partial charge >= 0.3 is 0 Å². The quantitative estimate of drug-likeness (QED) is 0.563. The van der Waals surface area contributed by atoms with Gasteiger partial charge in [-0.2, -0.15) is 0 Å². The normalized spacial score (nSPS) is 11.5. The molecule has 25 heavy (non-hydrogen) atoms. The molecule has 4 rings (SSSR count). The Hall–Kier alpha value is -2.92. The number of hydrogen-bond donors (Lipinski definition) is 0. The zero-order valence-electron chi connectivity index (χ0n) is 14.5. The number of pyridine rings is 1. The van der Waals surface area contributed by atoms with Gasteiger partial charge in [0.1, 0.15) is 11.3 Å². The lowest BCUT2D eigenvalue weighted by Crippen LogP contribution is -2.11. The van der Waals surface area contributed by atoms with E-state index < -0.39 is 0 Å². The van der Waals surface area contributed by atoms with Crippen molar-refractivity contribution >= 4 is 5.65 Å². The van der Waals surface area contributed by atoms with Crippen LogP contribution < -0.4 is 0 Å². The summed E-state index contributed by atoms with van der Waals surface area (Å²) in [6.07, 6.45) is 7.78. The van der Waals surface area contributed by atoms with Crippen molar-refractivity contribution in [3.8, 4) is 11.5 Å². The number of aromatic nitrogens is 4. The second kappa shape index (κ2) is 6.53. The monoisotopic (exact) mass is 331 g/mol. The summed E-state index contributed by atoms with van der Waals surface area (Å²) in [5, 5.41) is 0. The summed E-state index contributed by atoms with van der Waals surface area (Å²) in [6, 6.07) is 14.7. The molecule has 0 fully saturated rings. The highest BCUT2D eigenvalue weighted by molar-refractivity contribution is 5.57. The van der Waals surface area contributed by atoms with Crippen LogP contribution in [0.4, 0.5) is 0 Å². The molecular formula is C20H21N5. The summed E-state index contributed by atoms with van der Waals surface area (Å²) in [7, 11) is 4.18. The molecule has 3 heterocycles. The Labute approximate surface area is 147 Å². The first-order valence-electron chi connectivity index (χ1n) is 8.37. The lowest BCUT2D eigenvalue weighted by Gasteiger charge is -2.12. The molecule has 5 nitrogen and oxygen atoms in total. The Bertz CT molecular complexity index is 996. The first-order valence-corrected chi connectivity index (χ1v) is 8.37. The molecule has 0 saturated carbocycles. The van der Waals surface area contributed by atoms with Crippen LogP contribution in [0, 0.1) is 0 Å². The average Bonchev–Trinajstić information content (AvgIpc) is 3.21. The van der Waals surface area contributed by atoms with Gasteiger partial charge in [0, 0.05) is 31.7 Å². The van der Waals surface area contributed by atoms with Crippen LogP contribution in [-0.4, -0.2) is 37.9 Å². The fourth-order valence-corrected chi connectivity index (χ4v) is 3.16. The zero-order valence-corrected chi connectivity index (χ0v) is 14.5. The maximum Gasteiger partial charge on any atom is 0.158 e. The van der Waals surface area contributed by atoms with Crippen molar-refractivity contribution in [3.63, 3.8) is 0 Å². The molecule has 0 spiro atoms. The van der Waals surface area contributed by atoms with E-state index >= 15 is 0 Å². The second-order valence-corrected chi connectivity index (χ2v) is 6.51. The topological polar surface area (TPSA) is 38.4 Å². The van der Waals surface area contributed by atoms with E-state index in [2.05, 4.69) is 62.2 Å². The molecule has 5 heteroatoms. The molecule has 0 amide bonds. The van der Waals surface area contributed by atoms with Gasteiger partial charge in [-0.1, -0.05) is 30.3 Å². The summed E-state index contributed by atoms with van der Waals surface area (Å²) in [6.45, 7) is 1.73. The van der Waals surface area contributed by atoms with Crippen molar-refractivity contribution in [3.05, 3.63) is 78.4 Å². The van der Waals surface area contributed by atoms with E-state index in [9.17, 15) is 0 Å². The van der Waals surface area contributed by atoms with Gasteiger partial charge in [0.05, 0.1) is 6.20 Å². The highest BCUT2D eigenvalue weighted by Gasteiger charge is 2.11. The number of fused-ring (bicyclic) bond motifs is 1. The zero-order chi connectivity index (χ0) is 17.2. The van der Waals surface area contributed by atoms with Crippen LogP contribution in [0.5, 0.6) is 0 Å². The van der Waals surface area contributed by atoms with Gasteiger partial charge in [0.2, 0.25) is 0 Å². The second-order valence-electron chi connectivity index (χ2n) is 6.51. The molecule has 0 saturated heterocycles. The lowest BCUT2D eigenvalue weighted by molar-refractivity contribution is 0.402. The standard InChI is InChI=1S/C20H21N5/c1-23(2)14-16-6-5-7-17(12-16)15-24-11-9-21-20(24)18-13-22-19-8-3-4-10-25(18)19/h3-13H,14-15H2,1-2H3. The number of nitrogens with zero attached hydrogens (tertiary/aromatic N) is 5. The van der Waals surface area contributed by atoms with E-state index in [1.54, 1.807) is 0 Å². The molecule has 0 N–H and O–H groups in total. The molecule has 0 aliphatic heterocycles. The SMILES string of the molecule is CN(C)Cc1cccc(Cn2ccnc2-c2cnc3ccccn23)c1.